The van der Waals surface area contributed by atoms with Gasteiger partial charge in [-0.2, -0.15) is 0 Å². The number of amides is 1. The van der Waals surface area contributed by atoms with Crippen molar-refractivity contribution in [2.24, 2.45) is 0 Å². The number of nitrogens with zero attached hydrogens (tertiary/aromatic N) is 1. The van der Waals surface area contributed by atoms with Crippen molar-refractivity contribution >= 4 is 5.91 Å². The summed E-state index contributed by atoms with van der Waals surface area (Å²) >= 11 is 0. The largest absolute Gasteiger partial charge is 0.493 e. The number of carbonyl (C=O) groups is 1. The van der Waals surface area contributed by atoms with Crippen molar-refractivity contribution in [3.63, 3.8) is 0 Å². The molecule has 0 saturated carbocycles. The van der Waals surface area contributed by atoms with Crippen LogP contribution in [0.3, 0.4) is 0 Å². The van der Waals surface area contributed by atoms with E-state index in [9.17, 15) is 4.79 Å². The topological polar surface area (TPSA) is 48.0 Å². The molecule has 0 heterocycles. The van der Waals surface area contributed by atoms with Crippen molar-refractivity contribution in [3.8, 4) is 17.2 Å². The zero-order valence-corrected chi connectivity index (χ0v) is 16.1. The maximum absolute atomic E-state index is 12.8. The molecule has 0 N–H and O–H groups in total. The highest BCUT2D eigenvalue weighted by atomic mass is 16.5. The van der Waals surface area contributed by atoms with Crippen LogP contribution >= 0.6 is 0 Å². The molecule has 0 bridgehead atoms. The lowest BCUT2D eigenvalue weighted by molar-refractivity contribution is -0.138. The normalized spacial score (nSPS) is 11.6. The number of hydrogen-bond donors (Lipinski definition) is 0. The minimum atomic E-state index is -0.513. The summed E-state index contributed by atoms with van der Waals surface area (Å²) in [6.07, 6.45) is 0.0879. The van der Waals surface area contributed by atoms with E-state index in [4.69, 9.17) is 14.2 Å². The van der Waals surface area contributed by atoms with E-state index in [1.807, 2.05) is 56.3 Å². The number of hydrogen-bond acceptors (Lipinski definition) is 4. The van der Waals surface area contributed by atoms with Crippen molar-refractivity contribution in [1.82, 2.24) is 4.90 Å². The van der Waals surface area contributed by atoms with Gasteiger partial charge in [-0.05, 0) is 42.7 Å². The zero-order valence-electron chi connectivity index (χ0n) is 16.1. The van der Waals surface area contributed by atoms with E-state index in [0.717, 1.165) is 16.9 Å². The Morgan fingerprint density at radius 1 is 1.04 bits per heavy atom. The summed E-state index contributed by atoms with van der Waals surface area (Å²) < 4.78 is 16.5. The number of aryl methyl sites for hydroxylation is 1. The first-order valence-corrected chi connectivity index (χ1v) is 8.68. The van der Waals surface area contributed by atoms with Gasteiger partial charge in [0.15, 0.2) is 17.6 Å². The highest BCUT2D eigenvalue weighted by Gasteiger charge is 2.23. The molecule has 2 aromatic carbocycles. The Kier molecular flexibility index (Phi) is 6.89. The summed E-state index contributed by atoms with van der Waals surface area (Å²) in [5.41, 5.74) is 1.98. The Morgan fingerprint density at radius 3 is 2.35 bits per heavy atom. The van der Waals surface area contributed by atoms with Gasteiger partial charge in [0.05, 0.1) is 14.2 Å². The summed E-state index contributed by atoms with van der Waals surface area (Å²) in [6.45, 7) is 4.39. The molecule has 26 heavy (non-hydrogen) atoms. The number of benzene rings is 2. The van der Waals surface area contributed by atoms with Gasteiger partial charge in [-0.15, -0.1) is 0 Å². The smallest absolute Gasteiger partial charge is 0.263 e. The summed E-state index contributed by atoms with van der Waals surface area (Å²) in [4.78, 5) is 14.5. The molecule has 0 aromatic heterocycles. The molecule has 0 spiro atoms. The number of rotatable bonds is 8. The minimum absolute atomic E-state index is 0.0504. The first-order valence-electron chi connectivity index (χ1n) is 8.68. The van der Waals surface area contributed by atoms with Crippen LogP contribution < -0.4 is 14.2 Å². The molecule has 1 amide bonds. The molecule has 0 radical (unpaired) electrons. The summed E-state index contributed by atoms with van der Waals surface area (Å²) in [5.74, 6) is 2.01. The second-order valence-corrected chi connectivity index (χ2v) is 6.16. The van der Waals surface area contributed by atoms with Gasteiger partial charge >= 0.3 is 0 Å². The van der Waals surface area contributed by atoms with Crippen molar-refractivity contribution in [2.45, 2.75) is 32.9 Å². The molecule has 0 unspecified atom stereocenters. The lowest BCUT2D eigenvalue weighted by Gasteiger charge is -2.24. The molecule has 0 aliphatic rings. The van der Waals surface area contributed by atoms with E-state index in [2.05, 4.69) is 0 Å². The fourth-order valence-corrected chi connectivity index (χ4v) is 2.73. The predicted octanol–water partition coefficient (Wildman–Crippen LogP) is 3.83. The van der Waals surface area contributed by atoms with Crippen LogP contribution in [0.2, 0.25) is 0 Å². The van der Waals surface area contributed by atoms with E-state index in [-0.39, 0.29) is 5.91 Å². The van der Waals surface area contributed by atoms with Gasteiger partial charge < -0.3 is 19.1 Å². The van der Waals surface area contributed by atoms with Crippen LogP contribution in [0.25, 0.3) is 0 Å². The number of para-hydroxylation sites is 1. The highest BCUT2D eigenvalue weighted by molar-refractivity contribution is 5.81. The van der Waals surface area contributed by atoms with Crippen molar-refractivity contribution in [2.75, 3.05) is 21.3 Å². The average molecular weight is 357 g/mol. The molecule has 140 valence electrons. The molecular weight excluding hydrogens is 330 g/mol. The van der Waals surface area contributed by atoms with Crippen LogP contribution in [0.15, 0.2) is 42.5 Å². The highest BCUT2D eigenvalue weighted by Crippen LogP contribution is 2.28. The monoisotopic (exact) mass is 357 g/mol. The van der Waals surface area contributed by atoms with Crippen LogP contribution in [0.1, 0.15) is 24.5 Å². The van der Waals surface area contributed by atoms with Crippen molar-refractivity contribution in [3.05, 3.63) is 53.6 Å². The fourth-order valence-electron chi connectivity index (χ4n) is 2.73. The number of likely N-dealkylation sites (N-methyl/N-ethyl adjacent to an activating group) is 1. The minimum Gasteiger partial charge on any atom is -0.493 e. The summed E-state index contributed by atoms with van der Waals surface area (Å²) in [5, 5.41) is 0. The third-order valence-corrected chi connectivity index (χ3v) is 4.25. The van der Waals surface area contributed by atoms with E-state index >= 15 is 0 Å². The molecule has 5 heteroatoms. The maximum atomic E-state index is 12.8. The quantitative estimate of drug-likeness (QED) is 0.720. The number of carbonyl (C=O) groups excluding carboxylic acids is 1. The Labute approximate surface area is 155 Å². The molecule has 2 aromatic rings. The third kappa shape index (κ3) is 4.69. The number of ether oxygens (including phenoxy) is 3. The lowest BCUT2D eigenvalue weighted by atomic mass is 10.1. The molecule has 0 saturated heterocycles. The molecule has 5 nitrogen and oxygen atoms in total. The van der Waals surface area contributed by atoms with E-state index in [0.29, 0.717) is 24.5 Å². The van der Waals surface area contributed by atoms with Crippen molar-refractivity contribution < 1.29 is 19.0 Å². The first-order chi connectivity index (χ1) is 12.5. The fraction of sp³-hybridized carbons (Fsp3) is 0.381. The van der Waals surface area contributed by atoms with Crippen LogP contribution in [-0.4, -0.2) is 38.2 Å². The van der Waals surface area contributed by atoms with Crippen LogP contribution in [0.5, 0.6) is 17.2 Å². The predicted molar refractivity (Wildman–Crippen MR) is 102 cm³/mol. The molecular formula is C21H27NO4. The Morgan fingerprint density at radius 2 is 1.73 bits per heavy atom. The molecule has 2 rings (SSSR count). The first kappa shape index (κ1) is 19.6. The van der Waals surface area contributed by atoms with Gasteiger partial charge in [0.25, 0.3) is 5.91 Å². The van der Waals surface area contributed by atoms with E-state index in [1.54, 1.807) is 26.2 Å². The second kappa shape index (κ2) is 9.13. The Bertz CT molecular complexity index is 745. The average Bonchev–Trinajstić information content (AvgIpc) is 2.66. The standard InChI is InChI=1S/C21H27NO4/c1-6-17(26-18-10-8-7-9-15(18)2)21(23)22(3)14-16-11-12-19(24-4)20(13-16)25-5/h7-13,17H,6,14H2,1-5H3/t17-/m0/s1. The Balaban J connectivity index is 2.08. The summed E-state index contributed by atoms with van der Waals surface area (Å²) in [7, 11) is 4.98. The summed E-state index contributed by atoms with van der Waals surface area (Å²) in [6, 6.07) is 13.4. The van der Waals surface area contributed by atoms with E-state index in [1.165, 1.54) is 0 Å². The zero-order chi connectivity index (χ0) is 19.1. The molecule has 0 aliphatic carbocycles. The van der Waals surface area contributed by atoms with Gasteiger partial charge in [0, 0.05) is 13.6 Å². The van der Waals surface area contributed by atoms with Gasteiger partial charge in [-0.3, -0.25) is 4.79 Å². The number of methoxy groups -OCH3 is 2. The lowest BCUT2D eigenvalue weighted by Crippen LogP contribution is -2.39. The molecule has 0 fully saturated rings. The maximum Gasteiger partial charge on any atom is 0.263 e. The Hall–Kier alpha value is -2.69. The van der Waals surface area contributed by atoms with E-state index < -0.39 is 6.10 Å². The SMILES string of the molecule is CC[C@H](Oc1ccccc1C)C(=O)N(C)Cc1ccc(OC)c(OC)c1. The van der Waals surface area contributed by atoms with Gasteiger partial charge in [-0.1, -0.05) is 31.2 Å². The van der Waals surface area contributed by atoms with Crippen LogP contribution in [-0.2, 0) is 11.3 Å². The second-order valence-electron chi connectivity index (χ2n) is 6.16. The van der Waals surface area contributed by atoms with Crippen LogP contribution in [0, 0.1) is 6.92 Å². The van der Waals surface area contributed by atoms with Gasteiger partial charge in [0.2, 0.25) is 0 Å². The molecule has 1 atom stereocenters. The van der Waals surface area contributed by atoms with Crippen molar-refractivity contribution in [1.29, 1.82) is 0 Å². The van der Waals surface area contributed by atoms with Crippen LogP contribution in [0.4, 0.5) is 0 Å². The van der Waals surface area contributed by atoms with Gasteiger partial charge in [0.1, 0.15) is 5.75 Å². The third-order valence-electron chi connectivity index (χ3n) is 4.25. The van der Waals surface area contributed by atoms with Gasteiger partial charge in [-0.25, -0.2) is 0 Å². The molecule has 0 aliphatic heterocycles.